The van der Waals surface area contributed by atoms with Gasteiger partial charge in [0, 0.05) is 23.8 Å². The lowest BCUT2D eigenvalue weighted by Gasteiger charge is -2.03. The number of carbonyl (C=O) groups excluding carboxylic acids is 2. The van der Waals surface area contributed by atoms with Gasteiger partial charge in [0.25, 0.3) is 11.5 Å². The van der Waals surface area contributed by atoms with Gasteiger partial charge in [0.15, 0.2) is 5.69 Å². The van der Waals surface area contributed by atoms with Gasteiger partial charge in [-0.15, -0.1) is 0 Å². The summed E-state index contributed by atoms with van der Waals surface area (Å²) in [6, 6.07) is 8.78. The van der Waals surface area contributed by atoms with E-state index in [1.165, 1.54) is 12.3 Å². The van der Waals surface area contributed by atoms with Gasteiger partial charge in [0.1, 0.15) is 11.2 Å². The third-order valence-electron chi connectivity index (χ3n) is 3.84. The molecule has 9 heteroatoms. The predicted molar refractivity (Wildman–Crippen MR) is 99.3 cm³/mol. The number of aromatic nitrogens is 3. The van der Waals surface area contributed by atoms with Gasteiger partial charge in [-0.05, 0) is 31.0 Å². The summed E-state index contributed by atoms with van der Waals surface area (Å²) in [5, 5.41) is 7.39. The number of carbonyl (C=O) groups is 2. The first-order chi connectivity index (χ1) is 13.0. The summed E-state index contributed by atoms with van der Waals surface area (Å²) in [6.07, 6.45) is 1.88. The van der Waals surface area contributed by atoms with E-state index in [9.17, 15) is 14.4 Å². The Labute approximate surface area is 159 Å². The minimum Gasteiger partial charge on any atom is -0.462 e. The molecule has 0 aliphatic heterocycles. The van der Waals surface area contributed by atoms with Crippen LogP contribution < -0.4 is 10.9 Å². The maximum atomic E-state index is 12.3. The van der Waals surface area contributed by atoms with Gasteiger partial charge in [-0.2, -0.15) is 9.61 Å². The van der Waals surface area contributed by atoms with Crippen molar-refractivity contribution >= 4 is 29.1 Å². The number of H-pyrrole nitrogens is 1. The lowest BCUT2D eigenvalue weighted by Crippen LogP contribution is -2.27. The van der Waals surface area contributed by atoms with Gasteiger partial charge in [0.05, 0.1) is 6.61 Å². The zero-order chi connectivity index (χ0) is 19.4. The molecule has 0 fully saturated rings. The van der Waals surface area contributed by atoms with Crippen LogP contribution in [0.5, 0.6) is 0 Å². The molecule has 2 N–H and O–H groups in total. The van der Waals surface area contributed by atoms with E-state index < -0.39 is 17.4 Å². The van der Waals surface area contributed by atoms with Crippen LogP contribution in [0.2, 0.25) is 5.02 Å². The van der Waals surface area contributed by atoms with Crippen molar-refractivity contribution in [2.75, 3.05) is 13.2 Å². The molecular weight excluding hydrogens is 372 g/mol. The highest BCUT2D eigenvalue weighted by atomic mass is 35.5. The largest absolute Gasteiger partial charge is 0.462 e. The summed E-state index contributed by atoms with van der Waals surface area (Å²) in [7, 11) is 0. The Hall–Kier alpha value is -3.13. The molecule has 0 aliphatic carbocycles. The van der Waals surface area contributed by atoms with Crippen LogP contribution in [0.25, 0.3) is 5.65 Å². The molecule has 140 valence electrons. The summed E-state index contributed by atoms with van der Waals surface area (Å²) in [5.41, 5.74) is 0.574. The summed E-state index contributed by atoms with van der Waals surface area (Å²) < 4.78 is 5.80. The maximum Gasteiger partial charge on any atom is 0.345 e. The van der Waals surface area contributed by atoms with Crippen molar-refractivity contribution in [2.45, 2.75) is 13.3 Å². The van der Waals surface area contributed by atoms with Gasteiger partial charge in [-0.25, -0.2) is 4.79 Å². The number of fused-ring (bicyclic) bond motifs is 1. The Morgan fingerprint density at radius 3 is 2.74 bits per heavy atom. The number of ether oxygens (including phenoxy) is 1. The molecule has 0 atom stereocenters. The van der Waals surface area contributed by atoms with Crippen molar-refractivity contribution in [2.24, 2.45) is 0 Å². The molecule has 1 aromatic carbocycles. The number of hydrogen-bond acceptors (Lipinski definition) is 5. The number of halogens is 1. The minimum atomic E-state index is -0.745. The number of rotatable bonds is 6. The Morgan fingerprint density at radius 1 is 1.30 bits per heavy atom. The third-order valence-corrected chi connectivity index (χ3v) is 4.09. The molecule has 0 aliphatic rings. The quantitative estimate of drug-likeness (QED) is 0.626. The molecular formula is C18H17ClN4O4. The van der Waals surface area contributed by atoms with E-state index in [2.05, 4.69) is 15.4 Å². The number of benzene rings is 1. The van der Waals surface area contributed by atoms with E-state index in [1.54, 1.807) is 19.1 Å². The van der Waals surface area contributed by atoms with Crippen LogP contribution in [0.4, 0.5) is 0 Å². The van der Waals surface area contributed by atoms with E-state index in [4.69, 9.17) is 16.3 Å². The summed E-state index contributed by atoms with van der Waals surface area (Å²) in [4.78, 5) is 39.2. The van der Waals surface area contributed by atoms with Crippen LogP contribution in [0.15, 0.2) is 41.3 Å². The predicted octanol–water partition coefficient (Wildman–Crippen LogP) is 1.83. The minimum absolute atomic E-state index is 0.0699. The third kappa shape index (κ3) is 4.17. The average molecular weight is 389 g/mol. The van der Waals surface area contributed by atoms with Gasteiger partial charge in [-0.1, -0.05) is 23.7 Å². The van der Waals surface area contributed by atoms with E-state index in [0.717, 1.165) is 10.1 Å². The summed E-state index contributed by atoms with van der Waals surface area (Å²) in [6.45, 7) is 2.19. The summed E-state index contributed by atoms with van der Waals surface area (Å²) in [5.74, 6) is -1.16. The molecule has 0 saturated carbocycles. The zero-order valence-electron chi connectivity index (χ0n) is 14.5. The number of aromatic amines is 1. The smallest absolute Gasteiger partial charge is 0.345 e. The molecule has 27 heavy (non-hydrogen) atoms. The van der Waals surface area contributed by atoms with Crippen LogP contribution in [-0.4, -0.2) is 39.6 Å². The van der Waals surface area contributed by atoms with Gasteiger partial charge < -0.3 is 15.0 Å². The lowest BCUT2D eigenvalue weighted by atomic mass is 10.1. The first-order valence-corrected chi connectivity index (χ1v) is 8.68. The Balaban J connectivity index is 1.71. The van der Waals surface area contributed by atoms with Crippen LogP contribution in [0.1, 0.15) is 33.3 Å². The molecule has 2 aromatic heterocycles. The molecule has 8 nitrogen and oxygen atoms in total. The number of esters is 1. The monoisotopic (exact) mass is 388 g/mol. The fourth-order valence-electron chi connectivity index (χ4n) is 2.49. The number of nitrogens with one attached hydrogen (secondary N) is 2. The molecule has 0 radical (unpaired) electrons. The highest BCUT2D eigenvalue weighted by Crippen LogP contribution is 2.09. The highest BCUT2D eigenvalue weighted by molar-refractivity contribution is 6.30. The fraction of sp³-hybridized carbons (Fsp3) is 0.222. The Morgan fingerprint density at radius 2 is 2.04 bits per heavy atom. The molecule has 3 aromatic rings. The highest BCUT2D eigenvalue weighted by Gasteiger charge is 2.17. The van der Waals surface area contributed by atoms with Crippen molar-refractivity contribution < 1.29 is 14.3 Å². The van der Waals surface area contributed by atoms with Crippen molar-refractivity contribution in [1.82, 2.24) is 19.9 Å². The van der Waals surface area contributed by atoms with Crippen LogP contribution in [0.3, 0.4) is 0 Å². The normalized spacial score (nSPS) is 10.7. The Bertz CT molecular complexity index is 1040. The standard InChI is InChI=1S/C18H17ClN4O4/c1-2-27-18(26)13-10-21-15-9-14(22-23(15)17(13)25)16(24)20-8-7-11-3-5-12(19)6-4-11/h3-6,9-10,21H,2,7-8H2,1H3,(H,20,24). The van der Waals surface area contributed by atoms with Crippen molar-refractivity contribution in [3.05, 3.63) is 68.7 Å². The second-order valence-corrected chi connectivity index (χ2v) is 6.12. The molecule has 3 rings (SSSR count). The zero-order valence-corrected chi connectivity index (χ0v) is 15.2. The average Bonchev–Trinajstić information content (AvgIpc) is 3.09. The number of hydrogen-bond donors (Lipinski definition) is 2. The SMILES string of the molecule is CCOC(=O)c1c[nH]c2cc(C(=O)NCCc3ccc(Cl)cc3)nn2c1=O. The Kier molecular flexibility index (Phi) is 5.56. The first-order valence-electron chi connectivity index (χ1n) is 8.31. The van der Waals surface area contributed by atoms with Crippen LogP contribution >= 0.6 is 11.6 Å². The molecule has 0 bridgehead atoms. The molecule has 0 unspecified atom stereocenters. The van der Waals surface area contributed by atoms with Crippen molar-refractivity contribution in [3.63, 3.8) is 0 Å². The number of nitrogens with zero attached hydrogens (tertiary/aromatic N) is 2. The van der Waals surface area contributed by atoms with Crippen molar-refractivity contribution in [1.29, 1.82) is 0 Å². The first kappa shape index (κ1) is 18.7. The summed E-state index contributed by atoms with van der Waals surface area (Å²) >= 11 is 5.84. The second-order valence-electron chi connectivity index (χ2n) is 5.69. The lowest BCUT2D eigenvalue weighted by molar-refractivity contribution is 0.0523. The van der Waals surface area contributed by atoms with Gasteiger partial charge >= 0.3 is 5.97 Å². The van der Waals surface area contributed by atoms with Crippen LogP contribution in [-0.2, 0) is 11.2 Å². The fourth-order valence-corrected chi connectivity index (χ4v) is 2.61. The van der Waals surface area contributed by atoms with Crippen molar-refractivity contribution in [3.8, 4) is 0 Å². The number of amides is 1. The maximum absolute atomic E-state index is 12.3. The van der Waals surface area contributed by atoms with E-state index in [1.807, 2.05) is 12.1 Å². The van der Waals surface area contributed by atoms with E-state index in [-0.39, 0.29) is 17.9 Å². The topological polar surface area (TPSA) is 106 Å². The van der Waals surface area contributed by atoms with Gasteiger partial charge in [-0.3, -0.25) is 9.59 Å². The van der Waals surface area contributed by atoms with Gasteiger partial charge in [0.2, 0.25) is 0 Å². The van der Waals surface area contributed by atoms with E-state index in [0.29, 0.717) is 23.6 Å². The van der Waals surface area contributed by atoms with Crippen LogP contribution in [0, 0.1) is 0 Å². The molecule has 0 saturated heterocycles. The molecule has 0 spiro atoms. The second kappa shape index (κ2) is 8.05. The molecule has 1 amide bonds. The molecule has 2 heterocycles. The van der Waals surface area contributed by atoms with E-state index >= 15 is 0 Å².